The van der Waals surface area contributed by atoms with E-state index in [4.69, 9.17) is 4.74 Å². The Kier molecular flexibility index (Phi) is 4.88. The number of methoxy groups -OCH3 is 1. The van der Waals surface area contributed by atoms with Gasteiger partial charge in [0.05, 0.1) is 7.11 Å². The van der Waals surface area contributed by atoms with E-state index < -0.39 is 0 Å². The van der Waals surface area contributed by atoms with Crippen molar-refractivity contribution in [1.29, 1.82) is 0 Å². The highest BCUT2D eigenvalue weighted by molar-refractivity contribution is 5.49. The number of ether oxygens (including phenoxy) is 1. The van der Waals surface area contributed by atoms with Crippen LogP contribution in [0.5, 0.6) is 5.75 Å². The largest absolute Gasteiger partial charge is 0.496 e. The van der Waals surface area contributed by atoms with Crippen molar-refractivity contribution in [2.75, 3.05) is 7.11 Å². The third-order valence-corrected chi connectivity index (χ3v) is 2.51. The molecule has 0 aliphatic rings. The summed E-state index contributed by atoms with van der Waals surface area (Å²) in [6.07, 6.45) is 4.70. The van der Waals surface area contributed by atoms with Gasteiger partial charge in [0.1, 0.15) is 12.0 Å². The summed E-state index contributed by atoms with van der Waals surface area (Å²) in [4.78, 5) is 10.1. The molecular formula is C13H18O2. The molecule has 2 nitrogen and oxygen atoms in total. The molecule has 0 bridgehead atoms. The molecule has 2 heteroatoms. The molecule has 15 heavy (non-hydrogen) atoms. The van der Waals surface area contributed by atoms with E-state index in [2.05, 4.69) is 18.2 Å². The third kappa shape index (κ3) is 3.74. The lowest BCUT2D eigenvalue weighted by molar-refractivity contribution is -0.107. The lowest BCUT2D eigenvalue weighted by Crippen LogP contribution is -1.91. The lowest BCUT2D eigenvalue weighted by Gasteiger charge is -2.07. The van der Waals surface area contributed by atoms with Gasteiger partial charge < -0.3 is 9.53 Å². The lowest BCUT2D eigenvalue weighted by atomic mass is 10.0. The molecule has 0 fully saturated rings. The van der Waals surface area contributed by atoms with Gasteiger partial charge in [0.25, 0.3) is 0 Å². The van der Waals surface area contributed by atoms with Crippen LogP contribution in [-0.2, 0) is 11.2 Å². The van der Waals surface area contributed by atoms with Gasteiger partial charge in [-0.2, -0.15) is 0 Å². The zero-order chi connectivity index (χ0) is 11.1. The first-order chi connectivity index (χ1) is 7.27. The minimum absolute atomic E-state index is 0.670. The molecule has 82 valence electrons. The number of rotatable bonds is 6. The fraction of sp³-hybridized carbons (Fsp3) is 0.462. The van der Waals surface area contributed by atoms with E-state index in [9.17, 15) is 4.79 Å². The van der Waals surface area contributed by atoms with Crippen molar-refractivity contribution in [3.05, 3.63) is 29.3 Å². The molecule has 0 saturated heterocycles. The number of hydrogen-bond donors (Lipinski definition) is 0. The zero-order valence-corrected chi connectivity index (χ0v) is 9.45. The fourth-order valence-corrected chi connectivity index (χ4v) is 1.58. The summed E-state index contributed by atoms with van der Waals surface area (Å²) in [6, 6.07) is 6.28. The maximum atomic E-state index is 10.1. The second-order valence-corrected chi connectivity index (χ2v) is 3.72. The minimum Gasteiger partial charge on any atom is -0.496 e. The number of benzene rings is 1. The summed E-state index contributed by atoms with van der Waals surface area (Å²) in [5, 5.41) is 0. The van der Waals surface area contributed by atoms with Crippen LogP contribution in [-0.4, -0.2) is 13.4 Å². The summed E-state index contributed by atoms with van der Waals surface area (Å²) in [5.74, 6) is 0.947. The highest BCUT2D eigenvalue weighted by Gasteiger charge is 2.00. The molecule has 0 atom stereocenters. The average Bonchev–Trinajstić information content (AvgIpc) is 2.26. The summed E-state index contributed by atoms with van der Waals surface area (Å²) >= 11 is 0. The average molecular weight is 206 g/mol. The van der Waals surface area contributed by atoms with Gasteiger partial charge >= 0.3 is 0 Å². The molecule has 0 unspecified atom stereocenters. The molecule has 0 aliphatic heterocycles. The monoisotopic (exact) mass is 206 g/mol. The van der Waals surface area contributed by atoms with E-state index in [-0.39, 0.29) is 0 Å². The quantitative estimate of drug-likeness (QED) is 0.528. The highest BCUT2D eigenvalue weighted by Crippen LogP contribution is 2.20. The molecule has 0 saturated carbocycles. The molecule has 0 aliphatic carbocycles. The zero-order valence-electron chi connectivity index (χ0n) is 9.45. The Morgan fingerprint density at radius 2 is 2.13 bits per heavy atom. The second-order valence-electron chi connectivity index (χ2n) is 3.72. The van der Waals surface area contributed by atoms with E-state index in [1.165, 1.54) is 5.56 Å². The van der Waals surface area contributed by atoms with Gasteiger partial charge in [-0.05, 0) is 43.4 Å². The van der Waals surface area contributed by atoms with Gasteiger partial charge in [0, 0.05) is 6.42 Å². The van der Waals surface area contributed by atoms with E-state index in [1.807, 2.05) is 6.92 Å². The molecule has 1 aromatic carbocycles. The number of hydrogen-bond acceptors (Lipinski definition) is 2. The topological polar surface area (TPSA) is 26.3 Å². The van der Waals surface area contributed by atoms with Crippen molar-refractivity contribution < 1.29 is 9.53 Å². The van der Waals surface area contributed by atoms with Crippen LogP contribution in [0.2, 0.25) is 0 Å². The molecule has 0 heterocycles. The van der Waals surface area contributed by atoms with Crippen LogP contribution >= 0.6 is 0 Å². The molecule has 1 aromatic rings. The van der Waals surface area contributed by atoms with Crippen molar-refractivity contribution in [2.45, 2.75) is 32.6 Å². The van der Waals surface area contributed by atoms with Crippen LogP contribution in [0.15, 0.2) is 18.2 Å². The first-order valence-corrected chi connectivity index (χ1v) is 5.35. The number of unbranched alkanes of at least 4 members (excludes halogenated alkanes) is 2. The van der Waals surface area contributed by atoms with Gasteiger partial charge in [0.2, 0.25) is 0 Å². The van der Waals surface area contributed by atoms with Crippen LogP contribution in [0, 0.1) is 6.92 Å². The maximum absolute atomic E-state index is 10.1. The Morgan fingerprint density at radius 1 is 1.33 bits per heavy atom. The standard InChI is InChI=1S/C13H18O2/c1-11-7-8-12(10-13(11)15-2)6-4-3-5-9-14/h7-10H,3-6H2,1-2H3. The maximum Gasteiger partial charge on any atom is 0.122 e. The van der Waals surface area contributed by atoms with E-state index in [1.54, 1.807) is 7.11 Å². The van der Waals surface area contributed by atoms with Gasteiger partial charge in [-0.25, -0.2) is 0 Å². The second kappa shape index (κ2) is 6.23. The Bertz CT molecular complexity index is 318. The predicted molar refractivity (Wildman–Crippen MR) is 61.4 cm³/mol. The molecule has 0 radical (unpaired) electrons. The fourth-order valence-electron chi connectivity index (χ4n) is 1.58. The summed E-state index contributed by atoms with van der Waals surface area (Å²) < 4.78 is 5.26. The number of carbonyl (C=O) groups excluding carboxylic acids is 1. The van der Waals surface area contributed by atoms with Crippen LogP contribution in [0.25, 0.3) is 0 Å². The molecule has 0 amide bonds. The van der Waals surface area contributed by atoms with Gasteiger partial charge in [-0.3, -0.25) is 0 Å². The van der Waals surface area contributed by atoms with Crippen LogP contribution in [0.3, 0.4) is 0 Å². The normalized spacial score (nSPS) is 10.0. The molecular weight excluding hydrogens is 188 g/mol. The van der Waals surface area contributed by atoms with Crippen LogP contribution < -0.4 is 4.74 Å². The van der Waals surface area contributed by atoms with Crippen molar-refractivity contribution in [3.63, 3.8) is 0 Å². The van der Waals surface area contributed by atoms with Crippen molar-refractivity contribution >= 4 is 6.29 Å². The number of carbonyl (C=O) groups is 1. The molecule has 0 spiro atoms. The molecule has 1 rings (SSSR count). The third-order valence-electron chi connectivity index (χ3n) is 2.51. The number of aryl methyl sites for hydroxylation is 2. The van der Waals surface area contributed by atoms with E-state index in [0.29, 0.717) is 6.42 Å². The minimum atomic E-state index is 0.670. The Hall–Kier alpha value is -1.31. The van der Waals surface area contributed by atoms with Crippen LogP contribution in [0.4, 0.5) is 0 Å². The summed E-state index contributed by atoms with van der Waals surface area (Å²) in [5.41, 5.74) is 2.44. The summed E-state index contributed by atoms with van der Waals surface area (Å²) in [7, 11) is 1.69. The van der Waals surface area contributed by atoms with Crippen LogP contribution in [0.1, 0.15) is 30.4 Å². The molecule has 0 aromatic heterocycles. The first-order valence-electron chi connectivity index (χ1n) is 5.35. The smallest absolute Gasteiger partial charge is 0.122 e. The van der Waals surface area contributed by atoms with E-state index >= 15 is 0 Å². The van der Waals surface area contributed by atoms with Gasteiger partial charge in [-0.1, -0.05) is 12.1 Å². The Morgan fingerprint density at radius 3 is 2.80 bits per heavy atom. The first kappa shape index (κ1) is 11.8. The SMILES string of the molecule is COc1cc(CCCCC=O)ccc1C. The van der Waals surface area contributed by atoms with Gasteiger partial charge in [0.15, 0.2) is 0 Å². The van der Waals surface area contributed by atoms with Crippen molar-refractivity contribution in [2.24, 2.45) is 0 Å². The summed E-state index contributed by atoms with van der Waals surface area (Å²) in [6.45, 7) is 2.04. The van der Waals surface area contributed by atoms with E-state index in [0.717, 1.165) is 36.9 Å². The predicted octanol–water partition coefficient (Wildman–Crippen LogP) is 2.92. The Labute approximate surface area is 91.3 Å². The van der Waals surface area contributed by atoms with Gasteiger partial charge in [-0.15, -0.1) is 0 Å². The molecule has 0 N–H and O–H groups in total. The van der Waals surface area contributed by atoms with Crippen molar-refractivity contribution in [1.82, 2.24) is 0 Å². The van der Waals surface area contributed by atoms with Crippen molar-refractivity contribution in [3.8, 4) is 5.75 Å². The number of aldehydes is 1. The highest BCUT2D eigenvalue weighted by atomic mass is 16.5. The Balaban J connectivity index is 2.50.